The monoisotopic (exact) mass is 830 g/mol. The minimum atomic E-state index is -4.14. The molecule has 2 aliphatic heterocycles. The highest BCUT2D eigenvalue weighted by Crippen LogP contribution is 2.49. The van der Waals surface area contributed by atoms with Crippen molar-refractivity contribution >= 4 is 44.9 Å². The summed E-state index contributed by atoms with van der Waals surface area (Å²) in [5.41, 5.74) is -0.461. The molecule has 4 aliphatic carbocycles. The molecule has 15 nitrogen and oxygen atoms in total. The van der Waals surface area contributed by atoms with Crippen LogP contribution in [0.25, 0.3) is 11.0 Å². The number of hydrogen-bond donors (Lipinski definition) is 3. The van der Waals surface area contributed by atoms with Gasteiger partial charge in [0.15, 0.2) is 0 Å². The van der Waals surface area contributed by atoms with Crippen molar-refractivity contribution in [3.8, 4) is 11.6 Å². The predicted octanol–water partition coefficient (Wildman–Crippen LogP) is 4.16. The lowest BCUT2D eigenvalue weighted by Crippen LogP contribution is -2.60. The van der Waals surface area contributed by atoms with Crippen LogP contribution < -0.4 is 24.8 Å². The van der Waals surface area contributed by atoms with Crippen molar-refractivity contribution in [2.75, 3.05) is 13.7 Å². The van der Waals surface area contributed by atoms with Gasteiger partial charge >= 0.3 is 6.09 Å². The molecule has 1 aromatic heterocycles. The lowest BCUT2D eigenvalue weighted by molar-refractivity contribution is -0.143. The van der Waals surface area contributed by atoms with Gasteiger partial charge in [-0.15, -0.1) is 0 Å². The van der Waals surface area contributed by atoms with Crippen LogP contribution in [-0.4, -0.2) is 102 Å². The molecule has 58 heavy (non-hydrogen) atoms. The fourth-order valence-electron chi connectivity index (χ4n) is 9.36. The van der Waals surface area contributed by atoms with E-state index >= 15 is 0 Å². The number of aromatic nitrogens is 2. The molecule has 6 aliphatic rings. The first-order valence-corrected chi connectivity index (χ1v) is 22.3. The number of fused-ring (bicyclic) bond motifs is 5. The van der Waals surface area contributed by atoms with Crippen LogP contribution in [0.1, 0.15) is 96.1 Å². The van der Waals surface area contributed by atoms with Gasteiger partial charge in [0.25, 0.3) is 5.91 Å². The van der Waals surface area contributed by atoms with E-state index in [1.165, 1.54) is 4.90 Å². The van der Waals surface area contributed by atoms with E-state index in [4.69, 9.17) is 24.2 Å². The summed E-state index contributed by atoms with van der Waals surface area (Å²) in [6.07, 6.45) is 3.33. The molecule has 18 heteroatoms. The number of halogens is 2. The minimum Gasteiger partial charge on any atom is -0.497 e. The predicted molar refractivity (Wildman–Crippen MR) is 204 cm³/mol. The minimum absolute atomic E-state index is 0.134. The number of carbonyl (C=O) groups is 4. The van der Waals surface area contributed by atoms with E-state index in [9.17, 15) is 36.4 Å². The van der Waals surface area contributed by atoms with Crippen molar-refractivity contribution < 1.29 is 50.6 Å². The van der Waals surface area contributed by atoms with Crippen LogP contribution in [0.3, 0.4) is 0 Å². The zero-order chi connectivity index (χ0) is 40.9. The van der Waals surface area contributed by atoms with Crippen LogP contribution in [-0.2, 0) is 35.6 Å². The summed E-state index contributed by atoms with van der Waals surface area (Å²) in [6.45, 7) is 1.67. The topological polar surface area (TPSA) is 195 Å². The molecule has 4 amide bonds. The number of carbonyl (C=O) groups excluding carboxylic acids is 4. The van der Waals surface area contributed by atoms with Gasteiger partial charge < -0.3 is 29.7 Å². The molecule has 1 saturated heterocycles. The third-order valence-corrected chi connectivity index (χ3v) is 14.9. The second-order valence-electron chi connectivity index (χ2n) is 17.0. The highest BCUT2D eigenvalue weighted by atomic mass is 32.2. The number of ether oxygens (including phenoxy) is 3. The lowest BCUT2D eigenvalue weighted by atomic mass is 9.92. The number of benzene rings is 1. The first-order valence-electron chi connectivity index (χ1n) is 20.8. The zero-order valence-corrected chi connectivity index (χ0v) is 33.6. The van der Waals surface area contributed by atoms with Crippen LogP contribution >= 0.6 is 0 Å². The summed E-state index contributed by atoms with van der Waals surface area (Å²) < 4.78 is 74.1. The van der Waals surface area contributed by atoms with Gasteiger partial charge in [0.1, 0.15) is 41.3 Å². The Morgan fingerprint density at radius 3 is 2.43 bits per heavy atom. The second-order valence-corrected chi connectivity index (χ2v) is 18.9. The number of hydrogen-bond acceptors (Lipinski definition) is 11. The average molecular weight is 831 g/mol. The Bertz CT molecular complexity index is 2050. The first kappa shape index (κ1) is 40.4. The third kappa shape index (κ3) is 8.13. The van der Waals surface area contributed by atoms with Crippen molar-refractivity contribution in [3.05, 3.63) is 23.9 Å². The normalized spacial score (nSPS) is 31.9. The van der Waals surface area contributed by atoms with Crippen LogP contribution in [0.15, 0.2) is 18.2 Å². The molecule has 5 fully saturated rings. The number of methoxy groups -OCH3 is 1. The van der Waals surface area contributed by atoms with Crippen molar-refractivity contribution in [2.45, 2.75) is 138 Å². The van der Waals surface area contributed by atoms with Gasteiger partial charge in [-0.05, 0) is 88.2 Å². The highest BCUT2D eigenvalue weighted by molar-refractivity contribution is 7.91. The van der Waals surface area contributed by atoms with Gasteiger partial charge in [0, 0.05) is 12.0 Å². The molecule has 4 saturated carbocycles. The van der Waals surface area contributed by atoms with Crippen LogP contribution in [0.2, 0.25) is 0 Å². The number of nitrogens with zero attached hydrogens (tertiary/aromatic N) is 3. The summed E-state index contributed by atoms with van der Waals surface area (Å²) in [5, 5.41) is 4.57. The number of alkyl halides is 2. The van der Waals surface area contributed by atoms with Crippen molar-refractivity contribution in [1.29, 1.82) is 0 Å². The van der Waals surface area contributed by atoms with E-state index in [1.807, 2.05) is 17.7 Å². The molecule has 316 valence electrons. The smallest absolute Gasteiger partial charge is 0.408 e. The summed E-state index contributed by atoms with van der Waals surface area (Å²) in [6, 6.07) is 2.94. The fraction of sp³-hybridized carbons (Fsp3) is 0.700. The maximum Gasteiger partial charge on any atom is 0.408 e. The largest absolute Gasteiger partial charge is 0.497 e. The van der Waals surface area contributed by atoms with Crippen molar-refractivity contribution in [1.82, 2.24) is 30.2 Å². The van der Waals surface area contributed by atoms with Crippen molar-refractivity contribution in [3.63, 3.8) is 0 Å². The number of amides is 4. The van der Waals surface area contributed by atoms with Gasteiger partial charge in [-0.2, -0.15) is 0 Å². The Kier molecular flexibility index (Phi) is 11.2. The number of alkyl carbamates (subject to hydrolysis) is 1. The summed E-state index contributed by atoms with van der Waals surface area (Å²) in [5.74, 6) is -4.32. The maximum absolute atomic E-state index is 14.9. The van der Waals surface area contributed by atoms with Gasteiger partial charge in [0.2, 0.25) is 34.1 Å². The molecule has 3 N–H and O–H groups in total. The Balaban J connectivity index is 1.16. The van der Waals surface area contributed by atoms with Gasteiger partial charge in [-0.25, -0.2) is 32.0 Å². The molecule has 3 heterocycles. The van der Waals surface area contributed by atoms with E-state index in [-0.39, 0.29) is 36.8 Å². The summed E-state index contributed by atoms with van der Waals surface area (Å²) in [4.78, 5) is 67.8. The fourth-order valence-corrected chi connectivity index (χ4v) is 10.7. The summed E-state index contributed by atoms with van der Waals surface area (Å²) >= 11 is 0. The van der Waals surface area contributed by atoms with Crippen LogP contribution in [0.4, 0.5) is 13.6 Å². The molecule has 0 spiro atoms. The number of sulfonamides is 1. The molecule has 8 atom stereocenters. The molecular formula is C40H52F2N6O9S. The quantitative estimate of drug-likeness (QED) is 0.329. The Hall–Kier alpha value is -4.35. The highest BCUT2D eigenvalue weighted by Gasteiger charge is 2.67. The van der Waals surface area contributed by atoms with Crippen LogP contribution in [0, 0.1) is 23.7 Å². The van der Waals surface area contributed by atoms with Crippen LogP contribution in [0.5, 0.6) is 11.6 Å². The molecule has 2 bridgehead atoms. The lowest BCUT2D eigenvalue weighted by Gasteiger charge is -2.33. The van der Waals surface area contributed by atoms with Gasteiger partial charge in [0.05, 0.1) is 35.9 Å². The molecule has 0 radical (unpaired) electrons. The Morgan fingerprint density at radius 1 is 1.00 bits per heavy atom. The molecule has 8 rings (SSSR count). The molecule has 2 aromatic rings. The number of aryl methyl sites for hydroxylation is 1. The van der Waals surface area contributed by atoms with E-state index in [1.54, 1.807) is 19.2 Å². The third-order valence-electron chi connectivity index (χ3n) is 13.1. The molecule has 1 unspecified atom stereocenters. The van der Waals surface area contributed by atoms with E-state index in [2.05, 4.69) is 10.6 Å². The Morgan fingerprint density at radius 2 is 1.74 bits per heavy atom. The van der Waals surface area contributed by atoms with Crippen molar-refractivity contribution in [2.24, 2.45) is 23.7 Å². The van der Waals surface area contributed by atoms with E-state index in [0.717, 1.165) is 44.9 Å². The van der Waals surface area contributed by atoms with Gasteiger partial charge in [-0.3, -0.25) is 19.1 Å². The maximum atomic E-state index is 14.9. The zero-order valence-electron chi connectivity index (χ0n) is 32.8. The number of nitrogens with one attached hydrogen (secondary N) is 3. The van der Waals surface area contributed by atoms with E-state index in [0.29, 0.717) is 54.6 Å². The molecule has 1 aromatic carbocycles. The first-order chi connectivity index (χ1) is 27.8. The SMILES string of the molecule is CC[C@@H]1[C@@H]2CN(C(=O)[C@H](C3CCCC3)NC(=O)O[C@@H]3CC3CCCCCc3nc4ccc(OC)cc4nc3O2)[C@@H]1C(=O)N[C@]1(C(=O)NS(=O)(=O)C2CC2)C[C@H]1C(F)F. The Labute approximate surface area is 336 Å². The number of rotatable bonds is 9. The average Bonchev–Trinajstić information content (AvgIpc) is 4.15. The summed E-state index contributed by atoms with van der Waals surface area (Å²) in [7, 11) is -2.59. The molecular weight excluding hydrogens is 779 g/mol. The second kappa shape index (κ2) is 16.0. The van der Waals surface area contributed by atoms with E-state index < -0.39 is 87.5 Å². The van der Waals surface area contributed by atoms with Gasteiger partial charge in [-0.1, -0.05) is 32.6 Å². The standard InChI is InChI=1S/C40H52F2N6O9S/c1-3-25-31-20-48(33(25)35(49)46-40(19-26(40)34(41)42)38(51)47-58(53,54)24-14-15-24)37(50)32(21-9-7-8-10-21)45-39(52)57-30-17-22(30)11-5-4-6-12-28-36(56-31)44-29-18-23(55-2)13-16-27(29)43-28/h13,16,18,21-22,24-26,30-34H,3-12,14-15,17,19-20H2,1-2H3,(H,45,52)(H,46,49)(H,47,51)/t22?,25-,26+,30-,31+,32+,33+,40-/m1/s1.